The topological polar surface area (TPSA) is 87.0 Å². The molecule has 0 aliphatic heterocycles. The van der Waals surface area contributed by atoms with Crippen molar-refractivity contribution in [1.29, 1.82) is 5.26 Å². The third kappa shape index (κ3) is 4.95. The number of nitriles is 1. The second-order valence-corrected chi connectivity index (χ2v) is 6.05. The molecule has 0 unspecified atom stereocenters. The number of aromatic nitrogens is 1. The van der Waals surface area contributed by atoms with Crippen LogP contribution < -0.4 is 15.4 Å². The number of nitrogens with one attached hydrogen (secondary N) is 2. The van der Waals surface area contributed by atoms with Gasteiger partial charge in [0.25, 0.3) is 0 Å². The van der Waals surface area contributed by atoms with Gasteiger partial charge in [-0.3, -0.25) is 0 Å². The second kappa shape index (κ2) is 8.15. The van der Waals surface area contributed by atoms with Crippen LogP contribution in [0.4, 0.5) is 10.5 Å². The van der Waals surface area contributed by atoms with Crippen molar-refractivity contribution in [3.05, 3.63) is 54.2 Å². The Labute approximate surface area is 146 Å². The third-order valence-corrected chi connectivity index (χ3v) is 4.19. The van der Waals surface area contributed by atoms with E-state index in [0.717, 1.165) is 31.4 Å². The van der Waals surface area contributed by atoms with E-state index >= 15 is 0 Å². The zero-order chi connectivity index (χ0) is 17.5. The Hall–Kier alpha value is -3.07. The maximum Gasteiger partial charge on any atom is 0.319 e. The second-order valence-electron chi connectivity index (χ2n) is 6.05. The number of nitrogens with zero attached hydrogens (tertiary/aromatic N) is 2. The van der Waals surface area contributed by atoms with Crippen LogP contribution in [-0.2, 0) is 0 Å². The lowest BCUT2D eigenvalue weighted by Gasteiger charge is -2.29. The van der Waals surface area contributed by atoms with Crippen molar-refractivity contribution in [2.75, 3.05) is 5.32 Å². The summed E-state index contributed by atoms with van der Waals surface area (Å²) in [7, 11) is 0. The van der Waals surface area contributed by atoms with Crippen molar-refractivity contribution < 1.29 is 9.53 Å². The number of ether oxygens (including phenoxy) is 1. The molecule has 0 spiro atoms. The molecular formula is C19H20N4O2. The molecule has 6 nitrogen and oxygen atoms in total. The summed E-state index contributed by atoms with van der Waals surface area (Å²) in [4.78, 5) is 16.2. The lowest BCUT2D eigenvalue weighted by atomic mass is 9.93. The molecule has 2 N–H and O–H groups in total. The summed E-state index contributed by atoms with van der Waals surface area (Å²) in [5, 5.41) is 14.6. The van der Waals surface area contributed by atoms with Gasteiger partial charge in [-0.15, -0.1) is 0 Å². The molecule has 3 rings (SSSR count). The van der Waals surface area contributed by atoms with E-state index in [1.807, 2.05) is 36.4 Å². The zero-order valence-electron chi connectivity index (χ0n) is 13.8. The van der Waals surface area contributed by atoms with E-state index in [4.69, 9.17) is 10.00 Å². The Bertz CT molecular complexity index is 732. The quantitative estimate of drug-likeness (QED) is 0.895. The predicted molar refractivity (Wildman–Crippen MR) is 94.2 cm³/mol. The molecular weight excluding hydrogens is 316 g/mol. The van der Waals surface area contributed by atoms with Gasteiger partial charge in [-0.2, -0.15) is 5.26 Å². The summed E-state index contributed by atoms with van der Waals surface area (Å²) in [6, 6.07) is 14.8. The van der Waals surface area contributed by atoms with Crippen molar-refractivity contribution >= 4 is 11.7 Å². The largest absolute Gasteiger partial charge is 0.474 e. The van der Waals surface area contributed by atoms with Crippen molar-refractivity contribution in [2.45, 2.75) is 37.8 Å². The fraction of sp³-hybridized carbons (Fsp3) is 0.316. The number of anilines is 1. The van der Waals surface area contributed by atoms with Gasteiger partial charge in [0.15, 0.2) is 0 Å². The van der Waals surface area contributed by atoms with Gasteiger partial charge in [0.05, 0.1) is 5.56 Å². The number of carbonyl (C=O) groups is 1. The number of hydrogen-bond donors (Lipinski definition) is 2. The molecule has 1 heterocycles. The molecule has 1 fully saturated rings. The molecule has 2 amide bonds. The number of amides is 2. The third-order valence-electron chi connectivity index (χ3n) is 4.19. The summed E-state index contributed by atoms with van der Waals surface area (Å²) in [6.45, 7) is 0. The first kappa shape index (κ1) is 16.8. The molecule has 1 aromatic heterocycles. The number of rotatable bonds is 4. The highest BCUT2D eigenvalue weighted by Crippen LogP contribution is 2.23. The predicted octanol–water partition coefficient (Wildman–Crippen LogP) is 3.46. The Morgan fingerprint density at radius 3 is 2.52 bits per heavy atom. The minimum atomic E-state index is -0.177. The summed E-state index contributed by atoms with van der Waals surface area (Å²) >= 11 is 0. The minimum Gasteiger partial charge on any atom is -0.474 e. The molecule has 2 aromatic rings. The zero-order valence-corrected chi connectivity index (χ0v) is 13.8. The van der Waals surface area contributed by atoms with Gasteiger partial charge in [0.1, 0.15) is 12.2 Å². The van der Waals surface area contributed by atoms with E-state index in [1.165, 1.54) is 6.20 Å². The number of benzene rings is 1. The number of urea groups is 1. The van der Waals surface area contributed by atoms with Crippen molar-refractivity contribution in [3.63, 3.8) is 0 Å². The standard InChI is InChI=1S/C19H20N4O2/c20-12-14-6-11-18(21-13-14)25-17-9-7-16(8-10-17)23-19(24)22-15-4-2-1-3-5-15/h1-6,11,13,16-17H,7-10H2,(H2,22,23,24). The number of carbonyl (C=O) groups excluding carboxylic acids is 1. The van der Waals surface area contributed by atoms with Gasteiger partial charge in [0, 0.05) is 24.0 Å². The summed E-state index contributed by atoms with van der Waals surface area (Å²) in [6.07, 6.45) is 5.05. The van der Waals surface area contributed by atoms with Gasteiger partial charge in [-0.1, -0.05) is 18.2 Å². The Morgan fingerprint density at radius 2 is 1.88 bits per heavy atom. The average molecular weight is 336 g/mol. The molecule has 0 radical (unpaired) electrons. The van der Waals surface area contributed by atoms with E-state index in [9.17, 15) is 4.79 Å². The van der Waals surface area contributed by atoms with Crippen molar-refractivity contribution in [3.8, 4) is 11.9 Å². The van der Waals surface area contributed by atoms with Gasteiger partial charge in [-0.25, -0.2) is 9.78 Å². The lowest BCUT2D eigenvalue weighted by Crippen LogP contribution is -2.41. The molecule has 128 valence electrons. The van der Waals surface area contributed by atoms with Gasteiger partial charge in [-0.05, 0) is 43.9 Å². The summed E-state index contributed by atoms with van der Waals surface area (Å²) in [5.41, 5.74) is 1.30. The van der Waals surface area contributed by atoms with Crippen LogP contribution in [0.15, 0.2) is 48.7 Å². The molecule has 1 saturated carbocycles. The molecule has 1 aromatic carbocycles. The van der Waals surface area contributed by atoms with Gasteiger partial charge >= 0.3 is 6.03 Å². The Morgan fingerprint density at radius 1 is 1.12 bits per heavy atom. The van der Waals surface area contributed by atoms with Crippen LogP contribution in [-0.4, -0.2) is 23.2 Å². The summed E-state index contributed by atoms with van der Waals surface area (Å²) < 4.78 is 5.85. The van der Waals surface area contributed by atoms with Gasteiger partial charge < -0.3 is 15.4 Å². The number of hydrogen-bond acceptors (Lipinski definition) is 4. The minimum absolute atomic E-state index is 0.0932. The monoisotopic (exact) mass is 336 g/mol. The summed E-state index contributed by atoms with van der Waals surface area (Å²) in [5.74, 6) is 0.539. The molecule has 6 heteroatoms. The smallest absolute Gasteiger partial charge is 0.319 e. The molecule has 0 bridgehead atoms. The number of pyridine rings is 1. The first-order chi connectivity index (χ1) is 12.2. The normalized spacial score (nSPS) is 19.5. The van der Waals surface area contributed by atoms with Crippen molar-refractivity contribution in [2.24, 2.45) is 0 Å². The molecule has 0 saturated heterocycles. The molecule has 0 atom stereocenters. The molecule has 25 heavy (non-hydrogen) atoms. The highest BCUT2D eigenvalue weighted by Gasteiger charge is 2.23. The highest BCUT2D eigenvalue weighted by molar-refractivity contribution is 5.89. The first-order valence-corrected chi connectivity index (χ1v) is 8.38. The SMILES string of the molecule is N#Cc1ccc(OC2CCC(NC(=O)Nc3ccccc3)CC2)nc1. The van der Waals surface area contributed by atoms with E-state index < -0.39 is 0 Å². The van der Waals surface area contributed by atoms with E-state index in [-0.39, 0.29) is 18.2 Å². The van der Waals surface area contributed by atoms with E-state index in [0.29, 0.717) is 11.4 Å². The Balaban J connectivity index is 1.42. The van der Waals surface area contributed by atoms with Crippen LogP contribution in [0.2, 0.25) is 0 Å². The Kier molecular flexibility index (Phi) is 5.47. The van der Waals surface area contributed by atoms with Gasteiger partial charge in [0.2, 0.25) is 5.88 Å². The van der Waals surface area contributed by atoms with E-state index in [2.05, 4.69) is 15.6 Å². The maximum absolute atomic E-state index is 12.0. The van der Waals surface area contributed by atoms with E-state index in [1.54, 1.807) is 12.1 Å². The highest BCUT2D eigenvalue weighted by atomic mass is 16.5. The van der Waals surface area contributed by atoms with Crippen LogP contribution in [0.3, 0.4) is 0 Å². The lowest BCUT2D eigenvalue weighted by molar-refractivity contribution is 0.135. The van der Waals surface area contributed by atoms with Crippen molar-refractivity contribution in [1.82, 2.24) is 10.3 Å². The fourth-order valence-corrected chi connectivity index (χ4v) is 2.89. The van der Waals surface area contributed by atoms with Crippen LogP contribution in [0.1, 0.15) is 31.2 Å². The fourth-order valence-electron chi connectivity index (χ4n) is 2.89. The van der Waals surface area contributed by atoms with Crippen LogP contribution in [0, 0.1) is 11.3 Å². The average Bonchev–Trinajstić information content (AvgIpc) is 2.65. The van der Waals surface area contributed by atoms with Crippen LogP contribution in [0.25, 0.3) is 0 Å². The molecule has 1 aliphatic carbocycles. The molecule has 1 aliphatic rings. The van der Waals surface area contributed by atoms with Crippen LogP contribution in [0.5, 0.6) is 5.88 Å². The first-order valence-electron chi connectivity index (χ1n) is 8.38. The number of para-hydroxylation sites is 1. The maximum atomic E-state index is 12.0. The van der Waals surface area contributed by atoms with Crippen LogP contribution >= 0.6 is 0 Å².